The number of aromatic nitrogens is 2. The Hall–Kier alpha value is -1.83. The maximum absolute atomic E-state index is 4.26. The number of nitrogens with zero attached hydrogens (tertiary/aromatic N) is 2. The molecule has 0 spiro atoms. The molecule has 0 saturated carbocycles. The summed E-state index contributed by atoms with van der Waals surface area (Å²) in [5.74, 6) is 0. The van der Waals surface area contributed by atoms with E-state index in [4.69, 9.17) is 0 Å². The van der Waals surface area contributed by atoms with E-state index >= 15 is 0 Å². The minimum atomic E-state index is 1.03. The van der Waals surface area contributed by atoms with Crippen LogP contribution in [0.25, 0.3) is 12.3 Å². The molecule has 0 aliphatic heterocycles. The van der Waals surface area contributed by atoms with Crippen LogP contribution in [0.15, 0.2) is 42.6 Å². The first-order valence-electron chi connectivity index (χ1n) is 4.59. The molecule has 2 heteroatoms. The molecule has 0 aliphatic rings. The van der Waals surface area contributed by atoms with Crippen LogP contribution in [0.3, 0.4) is 0 Å². The molecule has 1 aromatic heterocycles. The van der Waals surface area contributed by atoms with Gasteiger partial charge in [-0.25, -0.2) is 4.68 Å². The van der Waals surface area contributed by atoms with Gasteiger partial charge in [0, 0.05) is 12.4 Å². The van der Waals surface area contributed by atoms with Crippen LogP contribution in [0.5, 0.6) is 0 Å². The normalized spacial score (nSPS) is 10.9. The van der Waals surface area contributed by atoms with Crippen molar-refractivity contribution in [2.45, 2.75) is 6.92 Å². The van der Waals surface area contributed by atoms with Crippen molar-refractivity contribution in [1.29, 1.82) is 0 Å². The van der Waals surface area contributed by atoms with Gasteiger partial charge in [0.15, 0.2) is 0 Å². The second-order valence-electron chi connectivity index (χ2n) is 3.16. The first-order chi connectivity index (χ1) is 6.84. The van der Waals surface area contributed by atoms with E-state index < -0.39 is 0 Å². The van der Waals surface area contributed by atoms with Gasteiger partial charge in [0.2, 0.25) is 0 Å². The van der Waals surface area contributed by atoms with E-state index in [9.17, 15) is 0 Å². The summed E-state index contributed by atoms with van der Waals surface area (Å²) in [6, 6.07) is 12.2. The van der Waals surface area contributed by atoms with Crippen molar-refractivity contribution in [3.8, 4) is 0 Å². The van der Waals surface area contributed by atoms with E-state index in [-0.39, 0.29) is 0 Å². The highest BCUT2D eigenvalue weighted by Gasteiger charge is 1.88. The third kappa shape index (κ3) is 2.10. The SMILES string of the molecule is Cc1ccn(/C=C/c2ccccc2)n1. The molecule has 0 radical (unpaired) electrons. The zero-order chi connectivity index (χ0) is 9.80. The van der Waals surface area contributed by atoms with Gasteiger partial charge in [0.05, 0.1) is 5.69 Å². The Morgan fingerprint density at radius 2 is 1.93 bits per heavy atom. The fourth-order valence-electron chi connectivity index (χ4n) is 1.24. The standard InChI is InChI=1S/C12H12N2/c1-11-7-9-14(13-11)10-8-12-5-3-2-4-6-12/h2-10H,1H3/b10-8+. The molecule has 0 bridgehead atoms. The Bertz CT molecular complexity index is 427. The van der Waals surface area contributed by atoms with Gasteiger partial charge in [-0.05, 0) is 24.6 Å². The van der Waals surface area contributed by atoms with Crippen LogP contribution in [0, 0.1) is 6.92 Å². The van der Waals surface area contributed by atoms with Crippen molar-refractivity contribution < 1.29 is 0 Å². The molecule has 0 fully saturated rings. The number of benzene rings is 1. The summed E-state index contributed by atoms with van der Waals surface area (Å²) in [4.78, 5) is 0. The summed E-state index contributed by atoms with van der Waals surface area (Å²) in [6.45, 7) is 1.98. The maximum atomic E-state index is 4.26. The van der Waals surface area contributed by atoms with Crippen LogP contribution >= 0.6 is 0 Å². The second kappa shape index (κ2) is 3.92. The summed E-state index contributed by atoms with van der Waals surface area (Å²) in [5, 5.41) is 4.26. The largest absolute Gasteiger partial charge is 0.248 e. The molecule has 1 heterocycles. The highest BCUT2D eigenvalue weighted by atomic mass is 15.3. The lowest BCUT2D eigenvalue weighted by Crippen LogP contribution is -1.86. The van der Waals surface area contributed by atoms with Gasteiger partial charge in [-0.15, -0.1) is 0 Å². The molecule has 70 valence electrons. The van der Waals surface area contributed by atoms with E-state index in [2.05, 4.69) is 17.2 Å². The minimum Gasteiger partial charge on any atom is -0.248 e. The van der Waals surface area contributed by atoms with Crippen LogP contribution in [0.1, 0.15) is 11.3 Å². The summed E-state index contributed by atoms with van der Waals surface area (Å²) >= 11 is 0. The molecule has 0 atom stereocenters. The van der Waals surface area contributed by atoms with Crippen molar-refractivity contribution >= 4 is 12.3 Å². The number of hydrogen-bond acceptors (Lipinski definition) is 1. The van der Waals surface area contributed by atoms with Crippen molar-refractivity contribution in [1.82, 2.24) is 9.78 Å². The quantitative estimate of drug-likeness (QED) is 0.701. The van der Waals surface area contributed by atoms with E-state index in [0.29, 0.717) is 0 Å². The highest BCUT2D eigenvalue weighted by Crippen LogP contribution is 2.02. The topological polar surface area (TPSA) is 17.8 Å². The third-order valence-electron chi connectivity index (χ3n) is 1.96. The molecule has 0 aliphatic carbocycles. The average molecular weight is 184 g/mol. The number of aryl methyl sites for hydroxylation is 1. The van der Waals surface area contributed by atoms with E-state index in [1.54, 1.807) is 0 Å². The van der Waals surface area contributed by atoms with Crippen molar-refractivity contribution in [3.05, 3.63) is 53.9 Å². The lowest BCUT2D eigenvalue weighted by Gasteiger charge is -1.92. The molecule has 2 aromatic rings. The van der Waals surface area contributed by atoms with Crippen LogP contribution in [0.4, 0.5) is 0 Å². The predicted molar refractivity (Wildman–Crippen MR) is 58.6 cm³/mol. The monoisotopic (exact) mass is 184 g/mol. The van der Waals surface area contributed by atoms with E-state index in [1.165, 1.54) is 5.56 Å². The molecular formula is C12H12N2. The van der Waals surface area contributed by atoms with Crippen LogP contribution in [-0.2, 0) is 0 Å². The smallest absolute Gasteiger partial charge is 0.0597 e. The Morgan fingerprint density at radius 3 is 2.57 bits per heavy atom. The molecule has 0 saturated heterocycles. The van der Waals surface area contributed by atoms with Gasteiger partial charge in [-0.2, -0.15) is 5.10 Å². The summed E-state index contributed by atoms with van der Waals surface area (Å²) < 4.78 is 1.81. The molecule has 0 N–H and O–H groups in total. The van der Waals surface area contributed by atoms with Crippen LogP contribution < -0.4 is 0 Å². The molecule has 2 nitrogen and oxygen atoms in total. The fraction of sp³-hybridized carbons (Fsp3) is 0.0833. The molecular weight excluding hydrogens is 172 g/mol. The van der Waals surface area contributed by atoms with Crippen molar-refractivity contribution in [2.75, 3.05) is 0 Å². The van der Waals surface area contributed by atoms with Gasteiger partial charge < -0.3 is 0 Å². The summed E-state index contributed by atoms with van der Waals surface area (Å²) in [5.41, 5.74) is 2.21. The van der Waals surface area contributed by atoms with E-state index in [0.717, 1.165) is 5.69 Å². The summed E-state index contributed by atoms with van der Waals surface area (Å²) in [7, 11) is 0. The first-order valence-corrected chi connectivity index (χ1v) is 4.59. The third-order valence-corrected chi connectivity index (χ3v) is 1.96. The predicted octanol–water partition coefficient (Wildman–Crippen LogP) is 2.82. The first kappa shape index (κ1) is 8.75. The van der Waals surface area contributed by atoms with Crippen molar-refractivity contribution in [2.24, 2.45) is 0 Å². The van der Waals surface area contributed by atoms with Gasteiger partial charge in [0.25, 0.3) is 0 Å². The Kier molecular flexibility index (Phi) is 2.45. The number of hydrogen-bond donors (Lipinski definition) is 0. The second-order valence-corrected chi connectivity index (χ2v) is 3.16. The molecule has 0 amide bonds. The lowest BCUT2D eigenvalue weighted by molar-refractivity contribution is 0.914. The Labute approximate surface area is 83.5 Å². The molecule has 1 aromatic carbocycles. The molecule has 14 heavy (non-hydrogen) atoms. The minimum absolute atomic E-state index is 1.03. The van der Waals surface area contributed by atoms with Crippen molar-refractivity contribution in [3.63, 3.8) is 0 Å². The average Bonchev–Trinajstić information content (AvgIpc) is 2.63. The Balaban J connectivity index is 2.15. The van der Waals surface area contributed by atoms with Crippen LogP contribution in [0.2, 0.25) is 0 Å². The zero-order valence-electron chi connectivity index (χ0n) is 8.09. The van der Waals surface area contributed by atoms with Crippen LogP contribution in [-0.4, -0.2) is 9.78 Å². The molecule has 0 unspecified atom stereocenters. The lowest BCUT2D eigenvalue weighted by atomic mass is 10.2. The van der Waals surface area contributed by atoms with Gasteiger partial charge in [-0.3, -0.25) is 0 Å². The van der Waals surface area contributed by atoms with E-state index in [1.807, 2.05) is 54.3 Å². The summed E-state index contributed by atoms with van der Waals surface area (Å²) in [6.07, 6.45) is 5.92. The zero-order valence-corrected chi connectivity index (χ0v) is 8.09. The molecule has 2 rings (SSSR count). The Morgan fingerprint density at radius 1 is 1.14 bits per heavy atom. The van der Waals surface area contributed by atoms with Gasteiger partial charge in [0.1, 0.15) is 0 Å². The van der Waals surface area contributed by atoms with Gasteiger partial charge in [-0.1, -0.05) is 30.3 Å². The maximum Gasteiger partial charge on any atom is 0.0597 e. The number of rotatable bonds is 2. The fourth-order valence-corrected chi connectivity index (χ4v) is 1.24. The highest BCUT2D eigenvalue weighted by molar-refractivity contribution is 5.59. The van der Waals surface area contributed by atoms with Gasteiger partial charge >= 0.3 is 0 Å².